The van der Waals surface area contributed by atoms with Crippen LogP contribution in [-0.4, -0.2) is 36.6 Å². The molecular weight excluding hydrogens is 230 g/mol. The first-order valence-corrected chi connectivity index (χ1v) is 7.08. The molecule has 1 aromatic carbocycles. The third-order valence-corrected chi connectivity index (χ3v) is 4.43. The summed E-state index contributed by atoms with van der Waals surface area (Å²) in [6, 6.07) is 11.1. The van der Waals surface area contributed by atoms with Crippen molar-refractivity contribution in [3.63, 3.8) is 0 Å². The average Bonchev–Trinajstić information content (AvgIpc) is 2.30. The lowest BCUT2D eigenvalue weighted by Crippen LogP contribution is -2.44. The van der Waals surface area contributed by atoms with Crippen LogP contribution in [0.25, 0.3) is 0 Å². The lowest BCUT2D eigenvalue weighted by molar-refractivity contribution is -0.0429. The van der Waals surface area contributed by atoms with Gasteiger partial charge in [-0.2, -0.15) is 0 Å². The van der Waals surface area contributed by atoms with Crippen molar-refractivity contribution in [1.82, 2.24) is 4.90 Å². The van der Waals surface area contributed by atoms with Gasteiger partial charge in [0.05, 0.1) is 6.10 Å². The molecule has 0 bridgehead atoms. The van der Waals surface area contributed by atoms with E-state index in [1.807, 2.05) is 11.8 Å². The summed E-state index contributed by atoms with van der Waals surface area (Å²) >= 11 is 1.84. The van der Waals surface area contributed by atoms with Gasteiger partial charge in [-0.3, -0.25) is 0 Å². The molecule has 0 spiro atoms. The van der Waals surface area contributed by atoms with Crippen molar-refractivity contribution in [3.8, 4) is 0 Å². The fourth-order valence-corrected chi connectivity index (χ4v) is 3.46. The van der Waals surface area contributed by atoms with Gasteiger partial charge in [0.1, 0.15) is 5.44 Å². The van der Waals surface area contributed by atoms with E-state index in [9.17, 15) is 0 Å². The third-order valence-electron chi connectivity index (χ3n) is 3.28. The van der Waals surface area contributed by atoms with Crippen LogP contribution >= 0.6 is 11.8 Å². The van der Waals surface area contributed by atoms with Gasteiger partial charge < -0.3 is 9.64 Å². The van der Waals surface area contributed by atoms with Crippen LogP contribution in [-0.2, 0) is 4.74 Å². The first-order chi connectivity index (χ1) is 8.16. The topological polar surface area (TPSA) is 12.5 Å². The van der Waals surface area contributed by atoms with E-state index < -0.39 is 0 Å². The SMILES string of the molecule is CC1OC(Sc2ccccc2)CCC1N(C)C. The zero-order valence-corrected chi connectivity index (χ0v) is 11.6. The largest absolute Gasteiger partial charge is 0.363 e. The molecule has 0 radical (unpaired) electrons. The normalized spacial score (nSPS) is 29.5. The molecular formula is C14H21NOS. The van der Waals surface area contributed by atoms with Crippen LogP contribution in [0.4, 0.5) is 0 Å². The van der Waals surface area contributed by atoms with Crippen molar-refractivity contribution in [2.75, 3.05) is 14.1 Å². The van der Waals surface area contributed by atoms with E-state index >= 15 is 0 Å². The summed E-state index contributed by atoms with van der Waals surface area (Å²) in [5, 5.41) is 0. The number of benzene rings is 1. The Morgan fingerprint density at radius 2 is 1.88 bits per heavy atom. The van der Waals surface area contributed by atoms with E-state index in [4.69, 9.17) is 4.74 Å². The second-order valence-corrected chi connectivity index (χ2v) is 6.04. The molecule has 1 aliphatic rings. The molecule has 3 unspecified atom stereocenters. The van der Waals surface area contributed by atoms with Crippen LogP contribution in [0.5, 0.6) is 0 Å². The Hall–Kier alpha value is -0.510. The predicted octanol–water partition coefficient (Wildman–Crippen LogP) is 3.23. The Labute approximate surface area is 108 Å². The number of thioether (sulfide) groups is 1. The van der Waals surface area contributed by atoms with Gasteiger partial charge in [-0.25, -0.2) is 0 Å². The van der Waals surface area contributed by atoms with E-state index in [1.54, 1.807) is 0 Å². The fourth-order valence-electron chi connectivity index (χ4n) is 2.36. The third kappa shape index (κ3) is 3.47. The second-order valence-electron chi connectivity index (χ2n) is 4.81. The highest BCUT2D eigenvalue weighted by Crippen LogP contribution is 2.33. The Kier molecular flexibility index (Phi) is 4.48. The molecule has 1 aliphatic heterocycles. The molecule has 0 N–H and O–H groups in total. The Morgan fingerprint density at radius 3 is 2.47 bits per heavy atom. The molecule has 0 saturated carbocycles. The molecule has 1 aromatic rings. The van der Waals surface area contributed by atoms with Gasteiger partial charge in [-0.15, -0.1) is 0 Å². The highest BCUT2D eigenvalue weighted by Gasteiger charge is 2.29. The van der Waals surface area contributed by atoms with Gasteiger partial charge >= 0.3 is 0 Å². The molecule has 1 saturated heterocycles. The van der Waals surface area contributed by atoms with E-state index in [1.165, 1.54) is 11.3 Å². The predicted molar refractivity (Wildman–Crippen MR) is 73.3 cm³/mol. The van der Waals surface area contributed by atoms with Crippen LogP contribution in [0.3, 0.4) is 0 Å². The number of hydrogen-bond acceptors (Lipinski definition) is 3. The van der Waals surface area contributed by atoms with Crippen LogP contribution in [0.2, 0.25) is 0 Å². The first-order valence-electron chi connectivity index (χ1n) is 6.20. The van der Waals surface area contributed by atoms with Gasteiger partial charge in [-0.05, 0) is 46.0 Å². The minimum atomic E-state index is 0.309. The molecule has 17 heavy (non-hydrogen) atoms. The van der Waals surface area contributed by atoms with Crippen molar-refractivity contribution in [1.29, 1.82) is 0 Å². The summed E-state index contributed by atoms with van der Waals surface area (Å²) in [6.45, 7) is 2.18. The minimum absolute atomic E-state index is 0.309. The summed E-state index contributed by atoms with van der Waals surface area (Å²) in [6.07, 6.45) is 2.67. The quantitative estimate of drug-likeness (QED) is 0.818. The van der Waals surface area contributed by atoms with Gasteiger partial charge in [0.25, 0.3) is 0 Å². The number of nitrogens with zero attached hydrogens (tertiary/aromatic N) is 1. The minimum Gasteiger partial charge on any atom is -0.363 e. The maximum absolute atomic E-state index is 6.09. The van der Waals surface area contributed by atoms with Crippen LogP contribution in [0.15, 0.2) is 35.2 Å². The highest BCUT2D eigenvalue weighted by molar-refractivity contribution is 7.99. The van der Waals surface area contributed by atoms with Crippen molar-refractivity contribution in [2.24, 2.45) is 0 Å². The lowest BCUT2D eigenvalue weighted by Gasteiger charge is -2.37. The summed E-state index contributed by atoms with van der Waals surface area (Å²) in [4.78, 5) is 3.57. The molecule has 94 valence electrons. The van der Waals surface area contributed by atoms with Gasteiger partial charge in [0.15, 0.2) is 0 Å². The molecule has 1 heterocycles. The molecule has 3 heteroatoms. The zero-order chi connectivity index (χ0) is 12.3. The van der Waals surface area contributed by atoms with Crippen molar-refractivity contribution in [2.45, 2.75) is 42.2 Å². The molecule has 0 amide bonds. The molecule has 0 aliphatic carbocycles. The number of rotatable bonds is 3. The highest BCUT2D eigenvalue weighted by atomic mass is 32.2. The molecule has 2 nitrogen and oxygen atoms in total. The number of ether oxygens (including phenoxy) is 1. The molecule has 1 fully saturated rings. The van der Waals surface area contributed by atoms with Crippen molar-refractivity contribution < 1.29 is 4.74 Å². The van der Waals surface area contributed by atoms with Crippen LogP contribution < -0.4 is 0 Å². The summed E-state index contributed by atoms with van der Waals surface area (Å²) in [5.41, 5.74) is 0.309. The molecule has 3 atom stereocenters. The van der Waals surface area contributed by atoms with Gasteiger partial charge in [-0.1, -0.05) is 30.0 Å². The lowest BCUT2D eigenvalue weighted by atomic mass is 10.0. The van der Waals surface area contributed by atoms with Crippen LogP contribution in [0.1, 0.15) is 19.8 Å². The van der Waals surface area contributed by atoms with E-state index in [2.05, 4.69) is 56.3 Å². The average molecular weight is 251 g/mol. The summed E-state index contributed by atoms with van der Waals surface area (Å²) in [7, 11) is 4.27. The smallest absolute Gasteiger partial charge is 0.108 e. The Balaban J connectivity index is 1.90. The molecule has 2 rings (SSSR count). The summed E-state index contributed by atoms with van der Waals surface area (Å²) in [5.74, 6) is 0. The maximum atomic E-state index is 6.09. The van der Waals surface area contributed by atoms with E-state index in [0.29, 0.717) is 17.6 Å². The fraction of sp³-hybridized carbons (Fsp3) is 0.571. The number of hydrogen-bond donors (Lipinski definition) is 0. The van der Waals surface area contributed by atoms with Gasteiger partial charge in [0.2, 0.25) is 0 Å². The zero-order valence-electron chi connectivity index (χ0n) is 10.8. The van der Waals surface area contributed by atoms with Crippen molar-refractivity contribution in [3.05, 3.63) is 30.3 Å². The van der Waals surface area contributed by atoms with Crippen LogP contribution in [0, 0.1) is 0 Å². The Bertz CT molecular complexity index is 341. The first kappa shape index (κ1) is 12.9. The number of likely N-dealkylation sites (N-methyl/N-ethyl adjacent to an activating group) is 1. The second kappa shape index (κ2) is 5.89. The standard InChI is InChI=1S/C14H21NOS/c1-11-13(15(2)3)9-10-14(16-11)17-12-7-5-4-6-8-12/h4-8,11,13-14H,9-10H2,1-3H3. The van der Waals surface area contributed by atoms with Gasteiger partial charge in [0, 0.05) is 10.9 Å². The monoisotopic (exact) mass is 251 g/mol. The molecule has 0 aromatic heterocycles. The van der Waals surface area contributed by atoms with Crippen molar-refractivity contribution >= 4 is 11.8 Å². The van der Waals surface area contributed by atoms with E-state index in [-0.39, 0.29) is 0 Å². The Morgan fingerprint density at radius 1 is 1.18 bits per heavy atom. The maximum Gasteiger partial charge on any atom is 0.108 e. The van der Waals surface area contributed by atoms with E-state index in [0.717, 1.165) is 6.42 Å². The summed E-state index contributed by atoms with van der Waals surface area (Å²) < 4.78 is 6.09.